The maximum absolute atomic E-state index is 12.7. The van der Waals surface area contributed by atoms with Gasteiger partial charge in [-0.15, -0.1) is 0 Å². The van der Waals surface area contributed by atoms with Gasteiger partial charge in [0.2, 0.25) is 29.1 Å². The Morgan fingerprint density at radius 3 is 1.26 bits per heavy atom. The summed E-state index contributed by atoms with van der Waals surface area (Å²) in [5.41, 5.74) is 9.00. The summed E-state index contributed by atoms with van der Waals surface area (Å²) < 4.78 is 66.3. The zero-order valence-corrected chi connectivity index (χ0v) is 9.92. The molecule has 6 N–H and O–H groups in total. The van der Waals surface area contributed by atoms with Crippen molar-refractivity contribution in [2.75, 3.05) is 14.1 Å². The first-order valence-electron chi connectivity index (χ1n) is 4.56. The fraction of sp³-hybridized carbons (Fsp3) is 0.250. The zero-order chi connectivity index (χ0) is 15.7. The quantitative estimate of drug-likeness (QED) is 0.263. The van der Waals surface area contributed by atoms with Crippen LogP contribution in [0.2, 0.25) is 0 Å². The van der Waals surface area contributed by atoms with E-state index >= 15 is 0 Å². The normalized spacial score (nSPS) is 8.79. The molecular formula is C8H12BF5N2O3. The minimum Gasteiger partial charge on any atom is -0.507 e. The van der Waals surface area contributed by atoms with Gasteiger partial charge in [0.05, 0.1) is 0 Å². The Morgan fingerprint density at radius 1 is 0.737 bits per heavy atom. The Labute approximate surface area is 105 Å². The van der Waals surface area contributed by atoms with Crippen LogP contribution in [0.3, 0.4) is 0 Å². The zero-order valence-electron chi connectivity index (χ0n) is 9.92. The van der Waals surface area contributed by atoms with E-state index in [1.807, 2.05) is 0 Å². The molecule has 1 aromatic carbocycles. The lowest BCUT2D eigenvalue weighted by molar-refractivity contribution is 0.263. The Kier molecular flexibility index (Phi) is 9.95. The van der Waals surface area contributed by atoms with E-state index in [1.54, 1.807) is 0 Å². The molecule has 0 amide bonds. The number of rotatable bonds is 2. The SMILES string of the molecule is CN.CN.OB(O)Oc1c(F)c(F)c(F)c(F)c1F. The van der Waals surface area contributed by atoms with E-state index in [0.29, 0.717) is 0 Å². The monoisotopic (exact) mass is 290 g/mol. The summed E-state index contributed by atoms with van der Waals surface area (Å²) in [6.07, 6.45) is 0. The van der Waals surface area contributed by atoms with Crippen molar-refractivity contribution >= 4 is 7.32 Å². The molecule has 0 aliphatic carbocycles. The van der Waals surface area contributed by atoms with E-state index < -0.39 is 42.2 Å². The summed E-state index contributed by atoms with van der Waals surface area (Å²) in [6, 6.07) is 0. The third kappa shape index (κ3) is 4.99. The maximum atomic E-state index is 12.7. The van der Waals surface area contributed by atoms with Crippen molar-refractivity contribution in [2.24, 2.45) is 11.5 Å². The van der Waals surface area contributed by atoms with E-state index in [4.69, 9.17) is 10.0 Å². The van der Waals surface area contributed by atoms with Gasteiger partial charge >= 0.3 is 7.32 Å². The smallest absolute Gasteiger partial charge is 0.507 e. The predicted molar refractivity (Wildman–Crippen MR) is 57.3 cm³/mol. The van der Waals surface area contributed by atoms with Gasteiger partial charge in [-0.05, 0) is 14.1 Å². The van der Waals surface area contributed by atoms with Crippen molar-refractivity contribution in [1.82, 2.24) is 0 Å². The lowest BCUT2D eigenvalue weighted by Gasteiger charge is -2.08. The van der Waals surface area contributed by atoms with Gasteiger partial charge in [-0.3, -0.25) is 0 Å². The molecule has 0 aliphatic rings. The van der Waals surface area contributed by atoms with Crippen molar-refractivity contribution < 1.29 is 36.7 Å². The molecule has 0 radical (unpaired) electrons. The van der Waals surface area contributed by atoms with E-state index in [-0.39, 0.29) is 0 Å². The highest BCUT2D eigenvalue weighted by molar-refractivity contribution is 6.33. The highest BCUT2D eigenvalue weighted by atomic mass is 19.2. The molecule has 19 heavy (non-hydrogen) atoms. The number of halogens is 5. The molecule has 0 aromatic heterocycles. The van der Waals surface area contributed by atoms with Crippen molar-refractivity contribution in [3.8, 4) is 5.75 Å². The summed E-state index contributed by atoms with van der Waals surface area (Å²) in [5.74, 6) is -13.1. The summed E-state index contributed by atoms with van der Waals surface area (Å²) in [5, 5.41) is 16.3. The summed E-state index contributed by atoms with van der Waals surface area (Å²) >= 11 is 0. The van der Waals surface area contributed by atoms with Crippen LogP contribution in [-0.4, -0.2) is 31.5 Å². The molecule has 1 aromatic rings. The Balaban J connectivity index is 0. The van der Waals surface area contributed by atoms with Crippen molar-refractivity contribution in [2.45, 2.75) is 0 Å². The molecule has 110 valence electrons. The number of nitrogens with two attached hydrogens (primary N) is 2. The largest absolute Gasteiger partial charge is 0.707 e. The van der Waals surface area contributed by atoms with E-state index in [0.717, 1.165) is 0 Å². The van der Waals surface area contributed by atoms with Gasteiger partial charge in [-0.25, -0.2) is 13.2 Å². The van der Waals surface area contributed by atoms with Gasteiger partial charge in [-0.2, -0.15) is 8.78 Å². The second kappa shape index (κ2) is 9.50. The van der Waals surface area contributed by atoms with Crippen LogP contribution in [0, 0.1) is 29.1 Å². The third-order valence-corrected chi connectivity index (χ3v) is 1.39. The first kappa shape index (κ1) is 19.9. The molecule has 0 spiro atoms. The third-order valence-electron chi connectivity index (χ3n) is 1.39. The second-order valence-electron chi connectivity index (χ2n) is 2.34. The molecule has 0 fully saturated rings. The molecule has 0 bridgehead atoms. The van der Waals surface area contributed by atoms with Gasteiger partial charge in [0, 0.05) is 0 Å². The summed E-state index contributed by atoms with van der Waals surface area (Å²) in [4.78, 5) is 0. The molecule has 0 aliphatic heterocycles. The molecule has 0 atom stereocenters. The Morgan fingerprint density at radius 2 is 1.00 bits per heavy atom. The fourth-order valence-corrected chi connectivity index (χ4v) is 0.794. The standard InChI is InChI=1S/C6H2BF5O3.2CH5N/c8-1-2(9)4(11)6(15-7(13)14)5(12)3(1)10;2*1-2/h13-14H;2*2H2,1H3. The first-order valence-corrected chi connectivity index (χ1v) is 4.56. The van der Waals surface area contributed by atoms with Crippen LogP contribution in [0.5, 0.6) is 5.75 Å². The van der Waals surface area contributed by atoms with E-state index in [9.17, 15) is 22.0 Å². The highest BCUT2D eigenvalue weighted by Gasteiger charge is 2.29. The maximum Gasteiger partial charge on any atom is 0.707 e. The molecular weight excluding hydrogens is 278 g/mol. The topological polar surface area (TPSA) is 102 Å². The van der Waals surface area contributed by atoms with Gasteiger partial charge in [0.15, 0.2) is 5.75 Å². The van der Waals surface area contributed by atoms with E-state index in [1.165, 1.54) is 14.1 Å². The van der Waals surface area contributed by atoms with Gasteiger partial charge in [0.1, 0.15) is 0 Å². The van der Waals surface area contributed by atoms with Crippen LogP contribution in [0.15, 0.2) is 0 Å². The summed E-state index contributed by atoms with van der Waals surface area (Å²) in [6.45, 7) is 0. The molecule has 0 unspecified atom stereocenters. The number of hydrogen-bond donors (Lipinski definition) is 4. The minimum atomic E-state index is -2.70. The second-order valence-corrected chi connectivity index (χ2v) is 2.34. The Bertz CT molecular complexity index is 379. The number of hydrogen-bond acceptors (Lipinski definition) is 5. The van der Waals surface area contributed by atoms with Crippen LogP contribution in [0.1, 0.15) is 0 Å². The highest BCUT2D eigenvalue weighted by Crippen LogP contribution is 2.28. The van der Waals surface area contributed by atoms with Crippen LogP contribution in [0.4, 0.5) is 22.0 Å². The minimum absolute atomic E-state index is 1.50. The predicted octanol–water partition coefficient (Wildman–Crippen LogP) is -0.120. The lowest BCUT2D eigenvalue weighted by Crippen LogP contribution is -2.23. The van der Waals surface area contributed by atoms with E-state index in [2.05, 4.69) is 16.1 Å². The average Bonchev–Trinajstić information content (AvgIpc) is 2.43. The lowest BCUT2D eigenvalue weighted by atomic mass is 10.2. The molecule has 0 saturated carbocycles. The molecule has 1 rings (SSSR count). The molecule has 5 nitrogen and oxygen atoms in total. The van der Waals surface area contributed by atoms with Crippen molar-refractivity contribution in [1.29, 1.82) is 0 Å². The van der Waals surface area contributed by atoms with Crippen molar-refractivity contribution in [3.63, 3.8) is 0 Å². The molecule has 0 heterocycles. The van der Waals surface area contributed by atoms with Gasteiger partial charge in [0.25, 0.3) is 0 Å². The number of benzene rings is 1. The fourth-order valence-electron chi connectivity index (χ4n) is 0.794. The Hall–Kier alpha value is -1.43. The van der Waals surface area contributed by atoms with Crippen LogP contribution < -0.4 is 16.1 Å². The van der Waals surface area contributed by atoms with Gasteiger partial charge < -0.3 is 26.2 Å². The van der Waals surface area contributed by atoms with Gasteiger partial charge in [-0.1, -0.05) is 0 Å². The molecule has 11 heteroatoms. The van der Waals surface area contributed by atoms with Crippen LogP contribution in [0.25, 0.3) is 0 Å². The van der Waals surface area contributed by atoms with Crippen LogP contribution in [-0.2, 0) is 0 Å². The van der Waals surface area contributed by atoms with Crippen LogP contribution >= 0.6 is 0 Å². The first-order chi connectivity index (χ1) is 8.86. The summed E-state index contributed by atoms with van der Waals surface area (Å²) in [7, 11) is 0.304. The molecule has 0 saturated heterocycles. The van der Waals surface area contributed by atoms with Crippen molar-refractivity contribution in [3.05, 3.63) is 29.1 Å². The average molecular weight is 290 g/mol.